The Hall–Kier alpha value is -1.51. The van der Waals surface area contributed by atoms with Gasteiger partial charge in [0.05, 0.1) is 7.11 Å². The lowest BCUT2D eigenvalue weighted by molar-refractivity contribution is -0.131. The first-order valence-electron chi connectivity index (χ1n) is 7.02. The third-order valence-electron chi connectivity index (χ3n) is 2.75. The molecule has 0 saturated carbocycles. The van der Waals surface area contributed by atoms with Crippen LogP contribution < -0.4 is 0 Å². The van der Waals surface area contributed by atoms with Gasteiger partial charge in [-0.25, -0.2) is 4.79 Å². The van der Waals surface area contributed by atoms with Gasteiger partial charge in [0.1, 0.15) is 5.76 Å². The fourth-order valence-corrected chi connectivity index (χ4v) is 1.65. The summed E-state index contributed by atoms with van der Waals surface area (Å²) in [5.74, 6) is -0.430. The van der Waals surface area contributed by atoms with Crippen molar-refractivity contribution in [2.24, 2.45) is 0 Å². The van der Waals surface area contributed by atoms with E-state index >= 15 is 0 Å². The lowest BCUT2D eigenvalue weighted by atomic mass is 10.1. The summed E-state index contributed by atoms with van der Waals surface area (Å²) < 4.78 is 5.03. The number of aliphatic carboxylic acids is 1. The highest BCUT2D eigenvalue weighted by atomic mass is 16.5. The van der Waals surface area contributed by atoms with Gasteiger partial charge in [-0.15, -0.1) is 0 Å². The molecule has 0 aliphatic heterocycles. The number of hydrogen-bond acceptors (Lipinski definition) is 2. The van der Waals surface area contributed by atoms with E-state index in [1.54, 1.807) is 6.08 Å². The van der Waals surface area contributed by atoms with Gasteiger partial charge >= 0.3 is 5.97 Å². The van der Waals surface area contributed by atoms with Gasteiger partial charge < -0.3 is 9.84 Å². The van der Waals surface area contributed by atoms with Crippen molar-refractivity contribution in [3.05, 3.63) is 36.1 Å². The van der Waals surface area contributed by atoms with E-state index in [0.29, 0.717) is 5.76 Å². The van der Waals surface area contributed by atoms with Crippen LogP contribution in [0.3, 0.4) is 0 Å². The van der Waals surface area contributed by atoms with Crippen molar-refractivity contribution in [1.29, 1.82) is 0 Å². The Morgan fingerprint density at radius 1 is 1.11 bits per heavy atom. The Kier molecular flexibility index (Phi) is 11.9. The van der Waals surface area contributed by atoms with E-state index in [-0.39, 0.29) is 0 Å². The molecule has 19 heavy (non-hydrogen) atoms. The summed E-state index contributed by atoms with van der Waals surface area (Å²) in [7, 11) is 1.53. The first-order chi connectivity index (χ1) is 9.20. The second-order valence-electron chi connectivity index (χ2n) is 4.43. The first kappa shape index (κ1) is 17.5. The molecule has 0 fully saturated rings. The summed E-state index contributed by atoms with van der Waals surface area (Å²) in [5, 5.41) is 8.50. The summed E-state index contributed by atoms with van der Waals surface area (Å²) in [4.78, 5) is 10.4. The molecular weight excluding hydrogens is 240 g/mol. The van der Waals surface area contributed by atoms with E-state index < -0.39 is 5.97 Å². The second-order valence-corrected chi connectivity index (χ2v) is 4.43. The smallest absolute Gasteiger partial charge is 0.328 e. The average Bonchev–Trinajstić information content (AvgIpc) is 2.40. The minimum absolute atomic E-state index is 0.543. The van der Waals surface area contributed by atoms with E-state index in [1.165, 1.54) is 51.7 Å². The highest BCUT2D eigenvalue weighted by molar-refractivity contribution is 5.80. The zero-order chi connectivity index (χ0) is 14.3. The molecule has 0 heterocycles. The number of methoxy groups -OCH3 is 1. The van der Waals surface area contributed by atoms with Crippen LogP contribution in [0.2, 0.25) is 0 Å². The van der Waals surface area contributed by atoms with Crippen molar-refractivity contribution in [2.75, 3.05) is 7.11 Å². The third kappa shape index (κ3) is 12.7. The molecule has 0 radical (unpaired) electrons. The van der Waals surface area contributed by atoms with E-state index in [0.717, 1.165) is 12.5 Å². The molecule has 0 aromatic rings. The number of carboxylic acid groups (broad SMARTS) is 1. The predicted octanol–water partition coefficient (Wildman–Crippen LogP) is 4.46. The summed E-state index contributed by atoms with van der Waals surface area (Å²) in [6.45, 7) is 2.22. The third-order valence-corrected chi connectivity index (χ3v) is 2.75. The number of allylic oxidation sites excluding steroid dienone is 4. The molecule has 0 spiro atoms. The van der Waals surface area contributed by atoms with Gasteiger partial charge in [-0.2, -0.15) is 0 Å². The lowest BCUT2D eigenvalue weighted by Gasteiger charge is -1.98. The molecule has 0 amide bonds. The molecule has 1 N–H and O–H groups in total. The van der Waals surface area contributed by atoms with Crippen LogP contribution in [0.25, 0.3) is 0 Å². The Balaban J connectivity index is 3.76. The molecule has 0 saturated heterocycles. The second kappa shape index (κ2) is 12.9. The topological polar surface area (TPSA) is 46.5 Å². The number of hydrogen-bond donors (Lipinski definition) is 1. The zero-order valence-electron chi connectivity index (χ0n) is 12.1. The summed E-state index contributed by atoms with van der Waals surface area (Å²) in [6.07, 6.45) is 17.1. The minimum atomic E-state index is -0.973. The predicted molar refractivity (Wildman–Crippen MR) is 79.0 cm³/mol. The van der Waals surface area contributed by atoms with E-state index in [9.17, 15) is 4.79 Å². The van der Waals surface area contributed by atoms with Crippen LogP contribution in [0.1, 0.15) is 51.9 Å². The monoisotopic (exact) mass is 266 g/mol. The van der Waals surface area contributed by atoms with E-state index in [4.69, 9.17) is 9.84 Å². The molecule has 3 heteroatoms. The maximum atomic E-state index is 10.4. The summed E-state index contributed by atoms with van der Waals surface area (Å²) in [5.41, 5.74) is 0. The molecule has 0 aliphatic rings. The fraction of sp³-hybridized carbons (Fsp3) is 0.562. The molecule has 3 nitrogen and oxygen atoms in total. The molecule has 0 aromatic heterocycles. The standard InChI is InChI=1S/C16H26O3/c1-3-4-5-6-7-8-9-10-11-12-15(19-2)13-14-16(17)18/h10-14H,3-9H2,1-2H3,(H,17,18). The van der Waals surface area contributed by atoms with Gasteiger partial charge in [0, 0.05) is 6.08 Å². The van der Waals surface area contributed by atoms with Gasteiger partial charge in [-0.1, -0.05) is 51.2 Å². The maximum Gasteiger partial charge on any atom is 0.328 e. The minimum Gasteiger partial charge on any atom is -0.497 e. The highest BCUT2D eigenvalue weighted by Crippen LogP contribution is 2.07. The Labute approximate surface area is 116 Å². The number of ether oxygens (including phenoxy) is 1. The summed E-state index contributed by atoms with van der Waals surface area (Å²) >= 11 is 0. The summed E-state index contributed by atoms with van der Waals surface area (Å²) in [6, 6.07) is 0. The number of carboxylic acids is 1. The fourth-order valence-electron chi connectivity index (χ4n) is 1.65. The molecule has 0 rings (SSSR count). The zero-order valence-corrected chi connectivity index (χ0v) is 12.1. The van der Waals surface area contributed by atoms with Gasteiger partial charge in [0.15, 0.2) is 0 Å². The van der Waals surface area contributed by atoms with Crippen LogP contribution in [0.15, 0.2) is 36.1 Å². The van der Waals surface area contributed by atoms with Crippen molar-refractivity contribution in [3.8, 4) is 0 Å². The van der Waals surface area contributed by atoms with E-state index in [2.05, 4.69) is 13.0 Å². The largest absolute Gasteiger partial charge is 0.497 e. The quantitative estimate of drug-likeness (QED) is 0.260. The number of rotatable bonds is 11. The van der Waals surface area contributed by atoms with Crippen molar-refractivity contribution >= 4 is 5.97 Å². The highest BCUT2D eigenvalue weighted by Gasteiger charge is 1.90. The van der Waals surface area contributed by atoms with Crippen LogP contribution in [0.4, 0.5) is 0 Å². The van der Waals surface area contributed by atoms with Gasteiger partial charge in [0.25, 0.3) is 0 Å². The van der Waals surface area contributed by atoms with E-state index in [1.807, 2.05) is 6.08 Å². The Morgan fingerprint density at radius 3 is 2.42 bits per heavy atom. The number of unbranched alkanes of at least 4 members (excludes halogenated alkanes) is 6. The van der Waals surface area contributed by atoms with Crippen molar-refractivity contribution in [1.82, 2.24) is 0 Å². The van der Waals surface area contributed by atoms with Gasteiger partial charge in [0.2, 0.25) is 0 Å². The maximum absolute atomic E-state index is 10.4. The van der Waals surface area contributed by atoms with Gasteiger partial charge in [-0.3, -0.25) is 0 Å². The molecule has 0 unspecified atom stereocenters. The lowest BCUT2D eigenvalue weighted by Crippen LogP contribution is -1.88. The first-order valence-corrected chi connectivity index (χ1v) is 7.02. The molecular formula is C16H26O3. The van der Waals surface area contributed by atoms with Crippen molar-refractivity contribution in [3.63, 3.8) is 0 Å². The van der Waals surface area contributed by atoms with Crippen LogP contribution in [0, 0.1) is 0 Å². The molecule has 0 bridgehead atoms. The average molecular weight is 266 g/mol. The van der Waals surface area contributed by atoms with Crippen LogP contribution in [0.5, 0.6) is 0 Å². The van der Waals surface area contributed by atoms with Crippen molar-refractivity contribution < 1.29 is 14.6 Å². The van der Waals surface area contributed by atoms with Gasteiger partial charge in [-0.05, 0) is 25.0 Å². The number of carbonyl (C=O) groups is 1. The van der Waals surface area contributed by atoms with Crippen LogP contribution in [-0.4, -0.2) is 18.2 Å². The Bertz CT molecular complexity index is 314. The Morgan fingerprint density at radius 2 is 1.79 bits per heavy atom. The molecule has 0 atom stereocenters. The molecule has 0 aromatic carbocycles. The normalized spacial score (nSPS) is 12.4. The molecule has 108 valence electrons. The van der Waals surface area contributed by atoms with Crippen molar-refractivity contribution in [2.45, 2.75) is 51.9 Å². The van der Waals surface area contributed by atoms with Crippen LogP contribution >= 0.6 is 0 Å². The molecule has 0 aliphatic carbocycles. The van der Waals surface area contributed by atoms with Crippen LogP contribution in [-0.2, 0) is 9.53 Å². The SMILES string of the molecule is CCCCCCCCC=CC=C(C=CC(=O)O)OC.